The van der Waals surface area contributed by atoms with Crippen LogP contribution in [-0.2, 0) is 16.1 Å². The lowest BCUT2D eigenvalue weighted by Gasteiger charge is -2.32. The maximum absolute atomic E-state index is 12.2. The Hall–Kier alpha value is -2.22. The Balaban J connectivity index is 1.58. The van der Waals surface area contributed by atoms with Gasteiger partial charge in [-0.1, -0.05) is 0 Å². The zero-order chi connectivity index (χ0) is 16.5. The fraction of sp³-hybridized carbons (Fsp3) is 0.625. The summed E-state index contributed by atoms with van der Waals surface area (Å²) in [6.45, 7) is 2.15. The molecular weight excluding hydrogens is 308 g/mol. The first-order valence-corrected chi connectivity index (χ1v) is 8.49. The summed E-state index contributed by atoms with van der Waals surface area (Å²) in [5.74, 6) is 1.01. The van der Waals surface area contributed by atoms with Gasteiger partial charge in [0.1, 0.15) is 12.1 Å². The molecule has 0 aromatic carbocycles. The number of methoxy groups -OCH3 is 1. The minimum atomic E-state index is 0.109. The molecule has 2 atom stereocenters. The van der Waals surface area contributed by atoms with Crippen LogP contribution in [0.25, 0.3) is 11.0 Å². The van der Waals surface area contributed by atoms with E-state index < -0.39 is 0 Å². The van der Waals surface area contributed by atoms with Gasteiger partial charge in [-0.05, 0) is 19.3 Å². The second-order valence-corrected chi connectivity index (χ2v) is 6.45. The number of carbonyl (C=O) groups excluding carboxylic acids is 1. The molecule has 0 saturated carbocycles. The molecule has 2 saturated heterocycles. The first-order valence-electron chi connectivity index (χ1n) is 8.49. The Bertz CT molecular complexity index is 745. The van der Waals surface area contributed by atoms with E-state index >= 15 is 0 Å². The Morgan fingerprint density at radius 1 is 1.38 bits per heavy atom. The molecule has 2 fully saturated rings. The van der Waals surface area contributed by atoms with Gasteiger partial charge in [-0.25, -0.2) is 9.97 Å². The van der Waals surface area contributed by atoms with Crippen LogP contribution in [0.5, 0.6) is 0 Å². The summed E-state index contributed by atoms with van der Waals surface area (Å²) in [5, 5.41) is 8.82. The van der Waals surface area contributed by atoms with E-state index in [2.05, 4.69) is 20.4 Å². The number of amides is 1. The topological polar surface area (TPSA) is 85.2 Å². The molecule has 8 nitrogen and oxygen atoms in total. The van der Waals surface area contributed by atoms with Gasteiger partial charge in [0, 0.05) is 26.3 Å². The zero-order valence-electron chi connectivity index (χ0n) is 13.8. The van der Waals surface area contributed by atoms with Crippen molar-refractivity contribution in [2.75, 3.05) is 25.6 Å². The molecular formula is C16H22N6O2. The van der Waals surface area contributed by atoms with Crippen molar-refractivity contribution in [1.29, 1.82) is 0 Å². The second-order valence-electron chi connectivity index (χ2n) is 6.45. The summed E-state index contributed by atoms with van der Waals surface area (Å²) in [7, 11) is 1.67. The monoisotopic (exact) mass is 330 g/mol. The average molecular weight is 330 g/mol. The van der Waals surface area contributed by atoms with Gasteiger partial charge in [0.2, 0.25) is 5.91 Å². The summed E-state index contributed by atoms with van der Waals surface area (Å²) in [6.07, 6.45) is 7.35. The van der Waals surface area contributed by atoms with Gasteiger partial charge in [0.05, 0.1) is 30.6 Å². The van der Waals surface area contributed by atoms with Gasteiger partial charge in [-0.2, -0.15) is 5.10 Å². The summed E-state index contributed by atoms with van der Waals surface area (Å²) in [6, 6.07) is 0.387. The maximum atomic E-state index is 12.2. The normalized spacial score (nSPS) is 23.7. The largest absolute Gasteiger partial charge is 0.383 e. The molecule has 0 radical (unpaired) electrons. The second kappa shape index (κ2) is 6.35. The van der Waals surface area contributed by atoms with Crippen molar-refractivity contribution in [2.45, 2.75) is 44.3 Å². The first kappa shape index (κ1) is 15.3. The maximum Gasteiger partial charge on any atom is 0.225 e. The molecule has 24 heavy (non-hydrogen) atoms. The lowest BCUT2D eigenvalue weighted by atomic mass is 9.99. The van der Waals surface area contributed by atoms with Crippen LogP contribution in [0.3, 0.4) is 0 Å². The lowest BCUT2D eigenvalue weighted by molar-refractivity contribution is -0.129. The number of ether oxygens (including phenoxy) is 1. The van der Waals surface area contributed by atoms with Crippen molar-refractivity contribution in [3.05, 3.63) is 12.5 Å². The molecule has 2 aromatic rings. The number of carbonyl (C=O) groups is 1. The third-order valence-electron chi connectivity index (χ3n) is 4.94. The number of rotatable bonds is 5. The molecule has 2 aromatic heterocycles. The lowest BCUT2D eigenvalue weighted by Crippen LogP contribution is -2.43. The Morgan fingerprint density at radius 3 is 3.17 bits per heavy atom. The Kier molecular flexibility index (Phi) is 4.05. The van der Waals surface area contributed by atoms with Crippen LogP contribution in [0.1, 0.15) is 25.7 Å². The van der Waals surface area contributed by atoms with Crippen LogP contribution >= 0.6 is 0 Å². The number of piperidine rings is 1. The molecule has 4 rings (SSSR count). The fourth-order valence-corrected chi connectivity index (χ4v) is 3.75. The predicted octanol–water partition coefficient (Wildman–Crippen LogP) is 1.04. The van der Waals surface area contributed by atoms with E-state index in [0.717, 1.165) is 30.6 Å². The summed E-state index contributed by atoms with van der Waals surface area (Å²) in [5.41, 5.74) is 0.661. The first-order chi connectivity index (χ1) is 11.8. The van der Waals surface area contributed by atoms with Crippen molar-refractivity contribution < 1.29 is 9.53 Å². The Morgan fingerprint density at radius 2 is 2.29 bits per heavy atom. The highest BCUT2D eigenvalue weighted by Crippen LogP contribution is 2.31. The molecule has 2 aliphatic heterocycles. The van der Waals surface area contributed by atoms with Gasteiger partial charge in [-0.15, -0.1) is 0 Å². The molecule has 0 bridgehead atoms. The van der Waals surface area contributed by atoms with Crippen LogP contribution in [0.4, 0.5) is 5.82 Å². The fourth-order valence-electron chi connectivity index (χ4n) is 3.75. The van der Waals surface area contributed by atoms with Crippen LogP contribution < -0.4 is 5.32 Å². The van der Waals surface area contributed by atoms with E-state index in [0.29, 0.717) is 25.2 Å². The standard InChI is InChI=1S/C16H22N6O2/c1-24-7-6-21-9-11-15(17-10-18-16(11)20-21)19-12-8-14(23)22-5-3-2-4-13(12)22/h9-10,12-13H,2-8H2,1H3,(H,17,18,19,20). The van der Waals surface area contributed by atoms with Gasteiger partial charge in [-0.3, -0.25) is 9.48 Å². The quantitative estimate of drug-likeness (QED) is 0.882. The van der Waals surface area contributed by atoms with Crippen LogP contribution in [0, 0.1) is 0 Å². The molecule has 2 unspecified atom stereocenters. The molecule has 0 spiro atoms. The molecule has 128 valence electrons. The number of hydrogen-bond acceptors (Lipinski definition) is 6. The van der Waals surface area contributed by atoms with Gasteiger partial charge in [0.25, 0.3) is 0 Å². The third-order valence-corrected chi connectivity index (χ3v) is 4.94. The van der Waals surface area contributed by atoms with Gasteiger partial charge in [0.15, 0.2) is 5.65 Å². The predicted molar refractivity (Wildman–Crippen MR) is 88.6 cm³/mol. The van der Waals surface area contributed by atoms with Crippen molar-refractivity contribution in [1.82, 2.24) is 24.6 Å². The highest BCUT2D eigenvalue weighted by Gasteiger charge is 2.41. The SMILES string of the molecule is COCCn1cc2c(NC3CC(=O)N4CCCCC34)ncnc2n1. The van der Waals surface area contributed by atoms with E-state index in [9.17, 15) is 4.79 Å². The highest BCUT2D eigenvalue weighted by molar-refractivity contribution is 5.87. The van der Waals surface area contributed by atoms with Crippen molar-refractivity contribution in [2.24, 2.45) is 0 Å². The van der Waals surface area contributed by atoms with Crippen LogP contribution in [0.15, 0.2) is 12.5 Å². The third kappa shape index (κ3) is 2.71. The number of aromatic nitrogens is 4. The number of fused-ring (bicyclic) bond motifs is 2. The number of anilines is 1. The molecule has 2 aliphatic rings. The van der Waals surface area contributed by atoms with Crippen molar-refractivity contribution in [3.63, 3.8) is 0 Å². The van der Waals surface area contributed by atoms with Crippen molar-refractivity contribution >= 4 is 22.8 Å². The minimum absolute atomic E-state index is 0.109. The molecule has 1 N–H and O–H groups in total. The number of hydrogen-bond donors (Lipinski definition) is 1. The van der Waals surface area contributed by atoms with E-state index in [1.807, 2.05) is 15.8 Å². The summed E-state index contributed by atoms with van der Waals surface area (Å²) < 4.78 is 6.92. The zero-order valence-corrected chi connectivity index (χ0v) is 13.8. The van der Waals surface area contributed by atoms with E-state index in [-0.39, 0.29) is 18.0 Å². The summed E-state index contributed by atoms with van der Waals surface area (Å²) >= 11 is 0. The Labute approximate surface area is 140 Å². The highest BCUT2D eigenvalue weighted by atomic mass is 16.5. The molecule has 8 heteroatoms. The van der Waals surface area contributed by atoms with E-state index in [1.165, 1.54) is 12.7 Å². The average Bonchev–Trinajstić information content (AvgIpc) is 3.16. The van der Waals surface area contributed by atoms with Crippen LogP contribution in [0.2, 0.25) is 0 Å². The van der Waals surface area contributed by atoms with E-state index in [4.69, 9.17) is 4.74 Å². The molecule has 1 amide bonds. The van der Waals surface area contributed by atoms with Gasteiger partial charge < -0.3 is 15.0 Å². The van der Waals surface area contributed by atoms with E-state index in [1.54, 1.807) is 7.11 Å². The molecule has 4 heterocycles. The number of nitrogens with one attached hydrogen (secondary N) is 1. The van der Waals surface area contributed by atoms with Crippen LogP contribution in [-0.4, -0.2) is 62.9 Å². The molecule has 0 aliphatic carbocycles. The number of nitrogens with zero attached hydrogens (tertiary/aromatic N) is 5. The summed E-state index contributed by atoms with van der Waals surface area (Å²) in [4.78, 5) is 22.9. The van der Waals surface area contributed by atoms with Gasteiger partial charge >= 0.3 is 0 Å². The minimum Gasteiger partial charge on any atom is -0.383 e. The van der Waals surface area contributed by atoms with Crippen molar-refractivity contribution in [3.8, 4) is 0 Å². The smallest absolute Gasteiger partial charge is 0.225 e.